The molecule has 1 aromatic rings. The molecule has 2 rings (SSSR count). The molecular formula is C12H21N3S3. The smallest absolute Gasteiger partial charge is 0.175 e. The number of nitrogens with zero attached hydrogens (tertiary/aromatic N) is 2. The van der Waals surface area contributed by atoms with Crippen molar-refractivity contribution < 1.29 is 0 Å². The average Bonchev–Trinajstić information content (AvgIpc) is 2.87. The standard InChI is InChI=1S/C12H21N3S3/c1-16-11-14-15-12(18-11)17-8-7-13-9-10-5-3-2-4-6-10/h10,13H,2-9H2,1H3. The number of aromatic nitrogens is 2. The third-order valence-corrected chi connectivity index (χ3v) is 6.26. The lowest BCUT2D eigenvalue weighted by Gasteiger charge is -2.21. The molecule has 1 fully saturated rings. The largest absolute Gasteiger partial charge is 0.316 e. The molecule has 0 saturated heterocycles. The van der Waals surface area contributed by atoms with Crippen molar-refractivity contribution in [1.82, 2.24) is 15.5 Å². The van der Waals surface area contributed by atoms with Crippen LogP contribution in [-0.4, -0.2) is 35.3 Å². The first-order chi connectivity index (χ1) is 8.88. The Morgan fingerprint density at radius 3 is 2.72 bits per heavy atom. The fourth-order valence-electron chi connectivity index (χ4n) is 2.25. The van der Waals surface area contributed by atoms with Crippen molar-refractivity contribution >= 4 is 34.9 Å². The number of hydrogen-bond donors (Lipinski definition) is 1. The second-order valence-electron chi connectivity index (χ2n) is 4.59. The predicted octanol–water partition coefficient (Wildman–Crippen LogP) is 3.52. The first-order valence-electron chi connectivity index (χ1n) is 6.59. The Kier molecular flexibility index (Phi) is 6.83. The zero-order valence-corrected chi connectivity index (χ0v) is 13.3. The summed E-state index contributed by atoms with van der Waals surface area (Å²) in [4.78, 5) is 0. The molecule has 1 aliphatic carbocycles. The maximum absolute atomic E-state index is 4.16. The summed E-state index contributed by atoms with van der Waals surface area (Å²) in [7, 11) is 0. The van der Waals surface area contributed by atoms with Gasteiger partial charge in [-0.2, -0.15) is 0 Å². The van der Waals surface area contributed by atoms with Crippen molar-refractivity contribution in [3.05, 3.63) is 0 Å². The van der Waals surface area contributed by atoms with Crippen molar-refractivity contribution in [2.75, 3.05) is 25.1 Å². The third-order valence-electron chi connectivity index (χ3n) is 3.22. The Hall–Kier alpha value is 0.220. The predicted molar refractivity (Wildman–Crippen MR) is 81.9 cm³/mol. The molecule has 0 amide bonds. The Bertz CT molecular complexity index is 337. The maximum Gasteiger partial charge on any atom is 0.175 e. The van der Waals surface area contributed by atoms with Gasteiger partial charge >= 0.3 is 0 Å². The summed E-state index contributed by atoms with van der Waals surface area (Å²) in [5.74, 6) is 2.02. The van der Waals surface area contributed by atoms with E-state index in [2.05, 4.69) is 15.5 Å². The van der Waals surface area contributed by atoms with E-state index in [4.69, 9.17) is 0 Å². The fraction of sp³-hybridized carbons (Fsp3) is 0.833. The van der Waals surface area contributed by atoms with Gasteiger partial charge in [-0.25, -0.2) is 0 Å². The Morgan fingerprint density at radius 2 is 2.00 bits per heavy atom. The van der Waals surface area contributed by atoms with E-state index in [0.29, 0.717) is 0 Å². The van der Waals surface area contributed by atoms with Gasteiger partial charge in [-0.15, -0.1) is 10.2 Å². The average molecular weight is 304 g/mol. The number of thioether (sulfide) groups is 2. The van der Waals surface area contributed by atoms with E-state index in [1.165, 1.54) is 38.6 Å². The lowest BCUT2D eigenvalue weighted by atomic mass is 9.89. The highest BCUT2D eigenvalue weighted by Gasteiger charge is 2.12. The highest BCUT2D eigenvalue weighted by molar-refractivity contribution is 8.02. The Balaban J connectivity index is 1.52. The van der Waals surface area contributed by atoms with Crippen LogP contribution in [0.25, 0.3) is 0 Å². The highest BCUT2D eigenvalue weighted by Crippen LogP contribution is 2.27. The molecule has 0 aliphatic heterocycles. The molecule has 0 unspecified atom stereocenters. The quantitative estimate of drug-likeness (QED) is 0.616. The van der Waals surface area contributed by atoms with Crippen LogP contribution >= 0.6 is 34.9 Å². The molecular weight excluding hydrogens is 282 g/mol. The normalized spacial score (nSPS) is 17.2. The molecule has 1 aromatic heterocycles. The molecule has 1 saturated carbocycles. The van der Waals surface area contributed by atoms with Crippen LogP contribution in [0.1, 0.15) is 32.1 Å². The fourth-order valence-corrected chi connectivity index (χ4v) is 4.65. The number of nitrogens with one attached hydrogen (secondary N) is 1. The summed E-state index contributed by atoms with van der Waals surface area (Å²) < 4.78 is 2.16. The summed E-state index contributed by atoms with van der Waals surface area (Å²) in [6.07, 6.45) is 9.20. The topological polar surface area (TPSA) is 37.8 Å². The van der Waals surface area contributed by atoms with Crippen LogP contribution < -0.4 is 5.32 Å². The third kappa shape index (κ3) is 5.07. The van der Waals surface area contributed by atoms with Crippen molar-refractivity contribution in [1.29, 1.82) is 0 Å². The zero-order valence-electron chi connectivity index (χ0n) is 10.9. The molecule has 1 N–H and O–H groups in total. The molecule has 102 valence electrons. The van der Waals surface area contributed by atoms with Gasteiger partial charge in [-0.05, 0) is 31.6 Å². The molecule has 0 bridgehead atoms. The first kappa shape index (κ1) is 14.6. The van der Waals surface area contributed by atoms with E-state index in [9.17, 15) is 0 Å². The first-order valence-corrected chi connectivity index (χ1v) is 9.62. The molecule has 0 atom stereocenters. The van der Waals surface area contributed by atoms with E-state index in [-0.39, 0.29) is 0 Å². The van der Waals surface area contributed by atoms with Crippen LogP contribution in [0.4, 0.5) is 0 Å². The minimum Gasteiger partial charge on any atom is -0.316 e. The van der Waals surface area contributed by atoms with Gasteiger partial charge in [-0.1, -0.05) is 54.1 Å². The number of hydrogen-bond acceptors (Lipinski definition) is 6. The van der Waals surface area contributed by atoms with E-state index in [1.54, 1.807) is 23.1 Å². The Morgan fingerprint density at radius 1 is 1.22 bits per heavy atom. The summed E-state index contributed by atoms with van der Waals surface area (Å²) in [6.45, 7) is 2.28. The van der Waals surface area contributed by atoms with E-state index in [1.807, 2.05) is 18.0 Å². The molecule has 0 radical (unpaired) electrons. The lowest BCUT2D eigenvalue weighted by molar-refractivity contribution is 0.345. The molecule has 0 aromatic carbocycles. The minimum absolute atomic E-state index is 0.924. The molecule has 1 heterocycles. The lowest BCUT2D eigenvalue weighted by Crippen LogP contribution is -2.26. The van der Waals surface area contributed by atoms with Crippen molar-refractivity contribution in [2.45, 2.75) is 40.8 Å². The van der Waals surface area contributed by atoms with Crippen molar-refractivity contribution in [3.63, 3.8) is 0 Å². The van der Waals surface area contributed by atoms with Crippen LogP contribution in [0.5, 0.6) is 0 Å². The van der Waals surface area contributed by atoms with Crippen LogP contribution in [0.3, 0.4) is 0 Å². The molecule has 18 heavy (non-hydrogen) atoms. The van der Waals surface area contributed by atoms with Gasteiger partial charge < -0.3 is 5.32 Å². The van der Waals surface area contributed by atoms with Gasteiger partial charge in [0.2, 0.25) is 0 Å². The minimum atomic E-state index is 0.924. The summed E-state index contributed by atoms with van der Waals surface area (Å²) in [5, 5.41) is 11.8. The molecule has 3 nitrogen and oxygen atoms in total. The van der Waals surface area contributed by atoms with Gasteiger partial charge in [0.15, 0.2) is 8.68 Å². The molecule has 0 spiro atoms. The van der Waals surface area contributed by atoms with Gasteiger partial charge in [0.1, 0.15) is 0 Å². The molecule has 1 aliphatic rings. The summed E-state index contributed by atoms with van der Waals surface area (Å²) in [6, 6.07) is 0. The van der Waals surface area contributed by atoms with Crippen LogP contribution in [0, 0.1) is 5.92 Å². The second kappa shape index (κ2) is 8.40. The van der Waals surface area contributed by atoms with Crippen LogP contribution in [-0.2, 0) is 0 Å². The summed E-state index contributed by atoms with van der Waals surface area (Å²) >= 11 is 5.18. The van der Waals surface area contributed by atoms with Gasteiger partial charge in [0, 0.05) is 12.3 Å². The maximum atomic E-state index is 4.16. The van der Waals surface area contributed by atoms with Gasteiger partial charge in [0.25, 0.3) is 0 Å². The van der Waals surface area contributed by atoms with E-state index >= 15 is 0 Å². The van der Waals surface area contributed by atoms with E-state index < -0.39 is 0 Å². The van der Waals surface area contributed by atoms with Crippen molar-refractivity contribution in [2.24, 2.45) is 5.92 Å². The summed E-state index contributed by atoms with van der Waals surface area (Å²) in [5.41, 5.74) is 0. The van der Waals surface area contributed by atoms with Crippen LogP contribution in [0.2, 0.25) is 0 Å². The zero-order chi connectivity index (χ0) is 12.6. The Labute approximate surface area is 122 Å². The van der Waals surface area contributed by atoms with Crippen molar-refractivity contribution in [3.8, 4) is 0 Å². The number of rotatable bonds is 7. The van der Waals surface area contributed by atoms with Gasteiger partial charge in [0.05, 0.1) is 0 Å². The highest BCUT2D eigenvalue weighted by atomic mass is 32.2. The molecule has 6 heteroatoms. The SMILES string of the molecule is CSc1nnc(SCCNCC2CCCCC2)s1. The van der Waals surface area contributed by atoms with E-state index in [0.717, 1.165) is 26.9 Å². The second-order valence-corrected chi connectivity index (χ2v) is 7.97. The van der Waals surface area contributed by atoms with Gasteiger partial charge in [-0.3, -0.25) is 0 Å². The monoisotopic (exact) mass is 303 g/mol. The van der Waals surface area contributed by atoms with Crippen LogP contribution in [0.15, 0.2) is 8.68 Å².